The lowest BCUT2D eigenvalue weighted by atomic mass is 9.88. The van der Waals surface area contributed by atoms with Gasteiger partial charge in [-0.1, -0.05) is 36.4 Å². The summed E-state index contributed by atoms with van der Waals surface area (Å²) in [6.45, 7) is 4.64. The maximum Gasteiger partial charge on any atom is 0.673 e. The van der Waals surface area contributed by atoms with Crippen LogP contribution in [0.5, 0.6) is 0 Å². The summed E-state index contributed by atoms with van der Waals surface area (Å²) in [4.78, 5) is 0. The van der Waals surface area contributed by atoms with Gasteiger partial charge in [-0.25, -0.2) is 0 Å². The first-order valence-corrected chi connectivity index (χ1v) is 10.8. The first-order valence-electron chi connectivity index (χ1n) is 8.67. The van der Waals surface area contributed by atoms with Crippen LogP contribution in [-0.4, -0.2) is 19.8 Å². The van der Waals surface area contributed by atoms with Crippen LogP contribution in [0.4, 0.5) is 17.3 Å². The van der Waals surface area contributed by atoms with Crippen LogP contribution in [-0.2, 0) is 30.2 Å². The minimum atomic E-state index is -6.00. The van der Waals surface area contributed by atoms with Crippen molar-refractivity contribution in [3.05, 3.63) is 69.8 Å². The second-order valence-corrected chi connectivity index (χ2v) is 9.23. The van der Waals surface area contributed by atoms with E-state index in [0.29, 0.717) is 16.1 Å². The Balaban J connectivity index is 0.000000431. The molecule has 1 atom stereocenters. The number of halogens is 4. The Bertz CT molecular complexity index is 750. The van der Waals surface area contributed by atoms with E-state index in [2.05, 4.69) is 62.8 Å². The predicted molar refractivity (Wildman–Crippen MR) is 106 cm³/mol. The molecule has 0 aromatic heterocycles. The molecule has 0 radical (unpaired) electrons. The third-order valence-corrected chi connectivity index (χ3v) is 6.59. The monoisotopic (exact) mass is 384 g/mol. The van der Waals surface area contributed by atoms with Crippen molar-refractivity contribution < 1.29 is 17.3 Å². The molecule has 4 bridgehead atoms. The predicted octanol–water partition coefficient (Wildman–Crippen LogP) is 5.86. The number of rotatable bonds is 1. The third-order valence-electron chi connectivity index (χ3n) is 5.03. The minimum absolute atomic E-state index is 0.386. The van der Waals surface area contributed by atoms with E-state index in [9.17, 15) is 17.3 Å². The molecule has 2 aromatic rings. The average molecular weight is 384 g/mol. The molecule has 0 amide bonds. The number of aryl methyl sites for hydroxylation is 2. The molecule has 0 saturated heterocycles. The number of fused-ring (bicyclic) bond motifs is 4. The lowest BCUT2D eigenvalue weighted by Crippen LogP contribution is -2.17. The van der Waals surface area contributed by atoms with Gasteiger partial charge < -0.3 is 17.3 Å². The van der Waals surface area contributed by atoms with Gasteiger partial charge in [-0.15, -0.1) is 0 Å². The smallest absolute Gasteiger partial charge is 0.418 e. The highest BCUT2D eigenvalue weighted by atomic mass is 32.2. The van der Waals surface area contributed by atoms with Crippen LogP contribution in [0.25, 0.3) is 0 Å². The van der Waals surface area contributed by atoms with Gasteiger partial charge in [-0.3, -0.25) is 0 Å². The van der Waals surface area contributed by atoms with Crippen molar-refractivity contribution in [2.75, 3.05) is 12.5 Å². The average Bonchev–Trinajstić information content (AvgIpc) is 2.52. The van der Waals surface area contributed by atoms with Gasteiger partial charge >= 0.3 is 7.25 Å². The fraction of sp³-hybridized carbons (Fsp3) is 0.400. The van der Waals surface area contributed by atoms with Crippen molar-refractivity contribution in [1.29, 1.82) is 0 Å². The van der Waals surface area contributed by atoms with Gasteiger partial charge in [-0.2, -0.15) is 0 Å². The lowest BCUT2D eigenvalue weighted by molar-refractivity contribution is 0.368. The van der Waals surface area contributed by atoms with E-state index in [1.165, 1.54) is 35.1 Å². The molecular formula is C20H25BF4S. The highest BCUT2D eigenvalue weighted by molar-refractivity contribution is 7.95. The Labute approximate surface area is 156 Å². The molecule has 0 spiro atoms. The Morgan fingerprint density at radius 3 is 1.81 bits per heavy atom. The molecule has 0 nitrogen and oxygen atoms in total. The Kier molecular flexibility index (Phi) is 6.83. The fourth-order valence-corrected chi connectivity index (χ4v) is 4.83. The SMILES string of the molecule is Cc1c2cccc1CC([S+](C)C)c1cccc(c1C)CC2.F[B-](F)(F)F. The second-order valence-electron chi connectivity index (χ2n) is 6.90. The van der Waals surface area contributed by atoms with Crippen LogP contribution in [0.15, 0.2) is 36.4 Å². The maximum absolute atomic E-state index is 9.75. The van der Waals surface area contributed by atoms with Crippen molar-refractivity contribution in [2.24, 2.45) is 0 Å². The van der Waals surface area contributed by atoms with E-state index in [-0.39, 0.29) is 0 Å². The summed E-state index contributed by atoms with van der Waals surface area (Å²) in [6, 6.07) is 13.8. The third kappa shape index (κ3) is 5.53. The van der Waals surface area contributed by atoms with E-state index >= 15 is 0 Å². The van der Waals surface area contributed by atoms with E-state index < -0.39 is 7.25 Å². The Morgan fingerprint density at radius 2 is 1.27 bits per heavy atom. The van der Waals surface area contributed by atoms with Crippen LogP contribution in [0.3, 0.4) is 0 Å². The van der Waals surface area contributed by atoms with Gasteiger partial charge in [0.1, 0.15) is 5.25 Å². The van der Waals surface area contributed by atoms with Gasteiger partial charge in [0.2, 0.25) is 0 Å². The van der Waals surface area contributed by atoms with Crippen molar-refractivity contribution >= 4 is 18.1 Å². The number of benzene rings is 2. The fourth-order valence-electron chi connectivity index (χ4n) is 3.55. The van der Waals surface area contributed by atoms with Crippen LogP contribution < -0.4 is 0 Å². The highest BCUT2D eigenvalue weighted by Crippen LogP contribution is 2.33. The summed E-state index contributed by atoms with van der Waals surface area (Å²) in [7, 11) is -5.61. The van der Waals surface area contributed by atoms with Crippen LogP contribution in [0.2, 0.25) is 0 Å². The van der Waals surface area contributed by atoms with Gasteiger partial charge in [-0.05, 0) is 65.4 Å². The lowest BCUT2D eigenvalue weighted by Gasteiger charge is -2.22. The highest BCUT2D eigenvalue weighted by Gasteiger charge is 2.28. The normalized spacial score (nSPS) is 16.7. The van der Waals surface area contributed by atoms with Gasteiger partial charge in [0, 0.05) is 12.0 Å². The zero-order chi connectivity index (χ0) is 19.5. The van der Waals surface area contributed by atoms with E-state index in [0.717, 1.165) is 6.42 Å². The van der Waals surface area contributed by atoms with Crippen LogP contribution in [0.1, 0.15) is 38.6 Å². The van der Waals surface area contributed by atoms with Crippen molar-refractivity contribution in [3.63, 3.8) is 0 Å². The largest absolute Gasteiger partial charge is 0.673 e. The summed E-state index contributed by atoms with van der Waals surface area (Å²) in [6.07, 6.45) is 8.29. The molecule has 1 aliphatic rings. The van der Waals surface area contributed by atoms with Gasteiger partial charge in [0.15, 0.2) is 0 Å². The standard InChI is InChI=1S/C20H25S.BF4/c1-14-16-7-5-9-18(14)13-20(21(3)4)19-10-6-8-17(12-11-16)15(19)2;2-1(3,4)5/h5-10,20H,11-13H2,1-4H3;/q+1;-1. The second kappa shape index (κ2) is 8.51. The zero-order valence-electron chi connectivity index (χ0n) is 15.7. The van der Waals surface area contributed by atoms with Crippen molar-refractivity contribution in [3.8, 4) is 0 Å². The van der Waals surface area contributed by atoms with E-state index in [4.69, 9.17) is 0 Å². The summed E-state index contributed by atoms with van der Waals surface area (Å²) in [5.74, 6) is 0. The molecule has 6 heteroatoms. The zero-order valence-corrected chi connectivity index (χ0v) is 16.5. The summed E-state index contributed by atoms with van der Waals surface area (Å²) >= 11 is 0. The molecule has 2 aromatic carbocycles. The first-order chi connectivity index (χ1) is 12.1. The number of hydrogen-bond donors (Lipinski definition) is 0. The number of hydrogen-bond acceptors (Lipinski definition) is 0. The first kappa shape index (κ1) is 20.9. The topological polar surface area (TPSA) is 0 Å². The molecule has 26 heavy (non-hydrogen) atoms. The van der Waals surface area contributed by atoms with Crippen molar-refractivity contribution in [1.82, 2.24) is 0 Å². The molecule has 3 rings (SSSR count). The molecule has 0 heterocycles. The van der Waals surface area contributed by atoms with E-state index in [1.54, 1.807) is 11.1 Å². The molecule has 1 unspecified atom stereocenters. The summed E-state index contributed by atoms with van der Waals surface area (Å²) in [5.41, 5.74) is 9.25. The molecule has 0 fully saturated rings. The van der Waals surface area contributed by atoms with Crippen molar-refractivity contribution in [2.45, 2.75) is 38.4 Å². The van der Waals surface area contributed by atoms with Gasteiger partial charge in [0.05, 0.1) is 12.5 Å². The molecule has 0 N–H and O–H groups in total. The maximum atomic E-state index is 9.75. The van der Waals surface area contributed by atoms with Crippen LogP contribution >= 0.6 is 0 Å². The molecule has 142 valence electrons. The minimum Gasteiger partial charge on any atom is -0.418 e. The van der Waals surface area contributed by atoms with Crippen LogP contribution in [0, 0.1) is 13.8 Å². The quantitative estimate of drug-likeness (QED) is 0.328. The Hall–Kier alpha value is -1.43. The molecule has 1 aliphatic carbocycles. The molecule has 0 aliphatic heterocycles. The summed E-state index contributed by atoms with van der Waals surface area (Å²) < 4.78 is 39.0. The van der Waals surface area contributed by atoms with E-state index in [1.807, 2.05) is 0 Å². The summed E-state index contributed by atoms with van der Waals surface area (Å²) in [5, 5.41) is 0.650. The van der Waals surface area contributed by atoms with Gasteiger partial charge in [0.25, 0.3) is 0 Å². The molecular weight excluding hydrogens is 359 g/mol. The Morgan fingerprint density at radius 1 is 0.808 bits per heavy atom. The molecule has 0 saturated carbocycles.